The second kappa shape index (κ2) is 3.27. The van der Waals surface area contributed by atoms with Crippen LogP contribution in [0, 0.1) is 0 Å². The van der Waals surface area contributed by atoms with E-state index in [1.54, 1.807) is 12.1 Å². The van der Waals surface area contributed by atoms with E-state index in [1.807, 2.05) is 0 Å². The van der Waals surface area contributed by atoms with Crippen molar-refractivity contribution in [3.05, 3.63) is 16.6 Å². The first kappa shape index (κ1) is 9.51. The van der Waals surface area contributed by atoms with Crippen LogP contribution in [0.25, 0.3) is 11.0 Å². The summed E-state index contributed by atoms with van der Waals surface area (Å²) in [6.45, 7) is 0. The molecule has 0 saturated heterocycles. The number of nitrogen functional groups attached to an aromatic ring is 1. The zero-order chi connectivity index (χ0) is 10.3. The molecule has 0 radical (unpaired) electrons. The lowest BCUT2D eigenvalue weighted by molar-refractivity contribution is 0.426. The van der Waals surface area contributed by atoms with Crippen LogP contribution in [0.2, 0.25) is 0 Å². The second-order valence-electron chi connectivity index (χ2n) is 2.89. The van der Waals surface area contributed by atoms with Crippen LogP contribution in [-0.4, -0.2) is 27.1 Å². The van der Waals surface area contributed by atoms with Crippen molar-refractivity contribution in [1.82, 2.24) is 9.97 Å². The topological polar surface area (TPSA) is 95.2 Å². The fourth-order valence-electron chi connectivity index (χ4n) is 1.32. The van der Waals surface area contributed by atoms with Gasteiger partial charge in [0.05, 0.1) is 11.0 Å². The molecule has 0 atom stereocenters. The van der Waals surface area contributed by atoms with Gasteiger partial charge >= 0.3 is 7.12 Å². The van der Waals surface area contributed by atoms with Gasteiger partial charge in [0.25, 0.3) is 0 Å². The first-order chi connectivity index (χ1) is 6.58. The highest BCUT2D eigenvalue weighted by molar-refractivity contribution is 9.10. The van der Waals surface area contributed by atoms with Gasteiger partial charge in [-0.15, -0.1) is 0 Å². The number of fused-ring (bicyclic) bond motifs is 1. The number of hydrogen-bond acceptors (Lipinski definition) is 4. The standard InChI is InChI=1S/C7H7BBrN3O2/c9-3-1-4(8(13)14)6-5(2-3)11-7(10)12-6/h1-2,13-14H,(H3,10,11,12). The van der Waals surface area contributed by atoms with E-state index in [0.29, 0.717) is 16.5 Å². The van der Waals surface area contributed by atoms with Gasteiger partial charge in [-0.05, 0) is 12.1 Å². The number of imidazole rings is 1. The van der Waals surface area contributed by atoms with Crippen LogP contribution >= 0.6 is 15.9 Å². The summed E-state index contributed by atoms with van der Waals surface area (Å²) in [5.41, 5.74) is 6.93. The summed E-state index contributed by atoms with van der Waals surface area (Å²) < 4.78 is 0.733. The zero-order valence-electron chi connectivity index (χ0n) is 7.03. The molecule has 72 valence electrons. The number of nitrogens with one attached hydrogen (secondary N) is 1. The summed E-state index contributed by atoms with van der Waals surface area (Å²) in [5.74, 6) is 0.250. The molecule has 1 aromatic carbocycles. The molecule has 2 rings (SSSR count). The van der Waals surface area contributed by atoms with Crippen LogP contribution in [-0.2, 0) is 0 Å². The van der Waals surface area contributed by atoms with Crippen molar-refractivity contribution in [2.75, 3.05) is 5.73 Å². The Balaban J connectivity index is 2.79. The number of hydrogen-bond donors (Lipinski definition) is 4. The Morgan fingerprint density at radius 3 is 2.79 bits per heavy atom. The molecule has 14 heavy (non-hydrogen) atoms. The smallest absolute Gasteiger partial charge is 0.423 e. The van der Waals surface area contributed by atoms with E-state index in [2.05, 4.69) is 25.9 Å². The van der Waals surface area contributed by atoms with Crippen molar-refractivity contribution in [1.29, 1.82) is 0 Å². The molecular formula is C7H7BBrN3O2. The third-order valence-electron chi connectivity index (χ3n) is 1.88. The largest absolute Gasteiger partial charge is 0.490 e. The van der Waals surface area contributed by atoms with E-state index in [4.69, 9.17) is 15.8 Å². The number of nitrogens with two attached hydrogens (primary N) is 1. The van der Waals surface area contributed by atoms with E-state index in [9.17, 15) is 0 Å². The highest BCUT2D eigenvalue weighted by Gasteiger charge is 2.18. The third-order valence-corrected chi connectivity index (χ3v) is 2.34. The van der Waals surface area contributed by atoms with E-state index >= 15 is 0 Å². The minimum Gasteiger partial charge on any atom is -0.423 e. The SMILES string of the molecule is Nc1nc2c(B(O)O)cc(Br)cc2[nH]1. The molecule has 0 unspecified atom stereocenters. The van der Waals surface area contributed by atoms with E-state index in [0.717, 1.165) is 4.47 Å². The maximum absolute atomic E-state index is 9.10. The molecule has 0 aliphatic rings. The molecule has 1 aromatic heterocycles. The fraction of sp³-hybridized carbons (Fsp3) is 0. The van der Waals surface area contributed by atoms with Gasteiger partial charge < -0.3 is 20.8 Å². The number of H-pyrrole nitrogens is 1. The molecule has 1 heterocycles. The molecule has 2 aromatic rings. The van der Waals surface area contributed by atoms with Crippen molar-refractivity contribution in [3.8, 4) is 0 Å². The van der Waals surface area contributed by atoms with Crippen molar-refractivity contribution >= 4 is 45.5 Å². The fourth-order valence-corrected chi connectivity index (χ4v) is 1.80. The lowest BCUT2D eigenvalue weighted by Gasteiger charge is -2.00. The molecule has 7 heteroatoms. The Bertz CT molecular complexity index is 485. The van der Waals surface area contributed by atoms with Gasteiger partial charge in [0.1, 0.15) is 0 Å². The molecule has 0 fully saturated rings. The van der Waals surface area contributed by atoms with Gasteiger partial charge in [0.15, 0.2) is 5.95 Å². The number of benzene rings is 1. The van der Waals surface area contributed by atoms with Crippen LogP contribution in [0.1, 0.15) is 0 Å². The zero-order valence-corrected chi connectivity index (χ0v) is 8.62. The monoisotopic (exact) mass is 255 g/mol. The summed E-state index contributed by atoms with van der Waals surface area (Å²) in [6.07, 6.45) is 0. The minimum absolute atomic E-state index is 0.250. The predicted octanol–water partition coefficient (Wildman–Crippen LogP) is -0.413. The van der Waals surface area contributed by atoms with Crippen LogP contribution < -0.4 is 11.2 Å². The van der Waals surface area contributed by atoms with Crippen molar-refractivity contribution in [2.24, 2.45) is 0 Å². The molecule has 0 aliphatic carbocycles. The van der Waals surface area contributed by atoms with E-state index < -0.39 is 7.12 Å². The quantitative estimate of drug-likeness (QED) is 0.521. The first-order valence-corrected chi connectivity index (χ1v) is 4.68. The summed E-state index contributed by atoms with van der Waals surface area (Å²) in [4.78, 5) is 6.77. The lowest BCUT2D eigenvalue weighted by Crippen LogP contribution is -2.30. The number of halogens is 1. The minimum atomic E-state index is -1.56. The molecule has 5 nitrogen and oxygen atoms in total. The molecule has 0 aliphatic heterocycles. The second-order valence-corrected chi connectivity index (χ2v) is 3.80. The Hall–Kier alpha value is -1.05. The van der Waals surface area contributed by atoms with E-state index in [1.165, 1.54) is 0 Å². The van der Waals surface area contributed by atoms with Crippen molar-refractivity contribution < 1.29 is 10.0 Å². The van der Waals surface area contributed by atoms with Gasteiger partial charge in [-0.1, -0.05) is 15.9 Å². The number of aromatic nitrogens is 2. The Labute approximate surface area is 88.2 Å². The Morgan fingerprint density at radius 2 is 2.14 bits per heavy atom. The summed E-state index contributed by atoms with van der Waals surface area (Å²) in [7, 11) is -1.56. The lowest BCUT2D eigenvalue weighted by atomic mass is 9.79. The molecule has 0 spiro atoms. The van der Waals surface area contributed by atoms with Gasteiger partial charge in [0, 0.05) is 9.94 Å². The van der Waals surface area contributed by atoms with Crippen molar-refractivity contribution in [2.45, 2.75) is 0 Å². The Kier molecular flexibility index (Phi) is 2.22. The first-order valence-electron chi connectivity index (χ1n) is 3.88. The number of rotatable bonds is 1. The predicted molar refractivity (Wildman–Crippen MR) is 58.0 cm³/mol. The average Bonchev–Trinajstić information content (AvgIpc) is 2.42. The molecule has 5 N–H and O–H groups in total. The molecule has 0 saturated carbocycles. The van der Waals surface area contributed by atoms with Gasteiger partial charge in [0.2, 0.25) is 0 Å². The molecule has 0 amide bonds. The van der Waals surface area contributed by atoms with Gasteiger partial charge in [-0.3, -0.25) is 0 Å². The van der Waals surface area contributed by atoms with Crippen LogP contribution in [0.5, 0.6) is 0 Å². The number of nitrogens with zero attached hydrogens (tertiary/aromatic N) is 1. The highest BCUT2D eigenvalue weighted by Crippen LogP contribution is 2.17. The highest BCUT2D eigenvalue weighted by atomic mass is 79.9. The number of anilines is 1. The summed E-state index contributed by atoms with van der Waals surface area (Å²) in [6, 6.07) is 3.36. The number of aromatic amines is 1. The van der Waals surface area contributed by atoms with Crippen LogP contribution in [0.4, 0.5) is 5.95 Å². The Morgan fingerprint density at radius 1 is 1.43 bits per heavy atom. The maximum atomic E-state index is 9.10. The van der Waals surface area contributed by atoms with Crippen LogP contribution in [0.3, 0.4) is 0 Å². The third kappa shape index (κ3) is 1.49. The maximum Gasteiger partial charge on any atom is 0.490 e. The van der Waals surface area contributed by atoms with E-state index in [-0.39, 0.29) is 5.95 Å². The van der Waals surface area contributed by atoms with Gasteiger partial charge in [-0.25, -0.2) is 4.98 Å². The molecule has 0 bridgehead atoms. The normalized spacial score (nSPS) is 10.8. The van der Waals surface area contributed by atoms with Crippen LogP contribution in [0.15, 0.2) is 16.6 Å². The average molecular weight is 256 g/mol. The van der Waals surface area contributed by atoms with Gasteiger partial charge in [-0.2, -0.15) is 0 Å². The summed E-state index contributed by atoms with van der Waals surface area (Å²) in [5, 5.41) is 18.2. The van der Waals surface area contributed by atoms with Crippen molar-refractivity contribution in [3.63, 3.8) is 0 Å². The summed E-state index contributed by atoms with van der Waals surface area (Å²) >= 11 is 3.25. The molecular weight excluding hydrogens is 249 g/mol.